The Labute approximate surface area is 64.3 Å². The van der Waals surface area contributed by atoms with Gasteiger partial charge in [-0.3, -0.25) is 4.79 Å². The Bertz CT molecular complexity index is 294. The van der Waals surface area contributed by atoms with Gasteiger partial charge in [0, 0.05) is 23.0 Å². The highest BCUT2D eigenvalue weighted by atomic mass is 16.1. The topological polar surface area (TPSA) is 66.9 Å². The molecule has 0 aliphatic rings. The summed E-state index contributed by atoms with van der Waals surface area (Å²) in [6, 6.07) is 4.83. The molecule has 0 aliphatic heterocycles. The smallest absolute Gasteiger partial charge is 0.150 e. The molecular weight excluding hydrogens is 140 g/mol. The summed E-state index contributed by atoms with van der Waals surface area (Å²) in [5.74, 6) is 0. The number of nitrogens with two attached hydrogens (primary N) is 1. The first-order valence-electron chi connectivity index (χ1n) is 3.13. The van der Waals surface area contributed by atoms with E-state index in [4.69, 9.17) is 11.1 Å². The Morgan fingerprint density at radius 3 is 2.64 bits per heavy atom. The van der Waals surface area contributed by atoms with Crippen molar-refractivity contribution in [3.63, 3.8) is 0 Å². The van der Waals surface area contributed by atoms with Gasteiger partial charge in [-0.25, -0.2) is 0 Å². The second-order valence-corrected chi connectivity index (χ2v) is 2.15. The van der Waals surface area contributed by atoms with Crippen LogP contribution in [0.5, 0.6) is 0 Å². The number of anilines is 1. The molecule has 1 rings (SSSR count). The lowest BCUT2D eigenvalue weighted by molar-refractivity contribution is 0.112. The van der Waals surface area contributed by atoms with Crippen molar-refractivity contribution in [2.45, 2.75) is 0 Å². The van der Waals surface area contributed by atoms with Crippen molar-refractivity contribution < 1.29 is 4.79 Å². The average Bonchev–Trinajstić information content (AvgIpc) is 2.04. The van der Waals surface area contributed by atoms with Crippen LogP contribution in [0, 0.1) is 5.41 Å². The second-order valence-electron chi connectivity index (χ2n) is 2.15. The maximum Gasteiger partial charge on any atom is 0.150 e. The predicted octanol–water partition coefficient (Wildman–Crippen LogP) is 1.08. The third-order valence-electron chi connectivity index (χ3n) is 1.39. The van der Waals surface area contributed by atoms with Gasteiger partial charge in [0.1, 0.15) is 0 Å². The van der Waals surface area contributed by atoms with E-state index in [9.17, 15) is 4.79 Å². The Balaban J connectivity index is 3.26. The average molecular weight is 148 g/mol. The van der Waals surface area contributed by atoms with Gasteiger partial charge in [0.05, 0.1) is 0 Å². The molecule has 0 bridgehead atoms. The zero-order valence-corrected chi connectivity index (χ0v) is 5.87. The van der Waals surface area contributed by atoms with Crippen LogP contribution in [0.4, 0.5) is 5.69 Å². The molecular formula is C8H8N2O. The van der Waals surface area contributed by atoms with Crippen LogP contribution >= 0.6 is 0 Å². The number of nitrogens with one attached hydrogen (secondary N) is 1. The van der Waals surface area contributed by atoms with Crippen molar-refractivity contribution in [3.8, 4) is 0 Å². The molecule has 3 nitrogen and oxygen atoms in total. The van der Waals surface area contributed by atoms with Crippen molar-refractivity contribution in [3.05, 3.63) is 29.3 Å². The molecule has 0 atom stereocenters. The molecule has 0 heterocycles. The Hall–Kier alpha value is -1.64. The number of carbonyl (C=O) groups excluding carboxylic acids is 1. The first-order valence-corrected chi connectivity index (χ1v) is 3.13. The Morgan fingerprint density at radius 2 is 2.09 bits per heavy atom. The standard InChI is InChI=1S/C8H8N2O/c9-4-7-3-8(10)2-1-6(7)5-11/h1-5,9H,10H2. The van der Waals surface area contributed by atoms with Crippen LogP contribution in [-0.2, 0) is 0 Å². The van der Waals surface area contributed by atoms with E-state index in [0.29, 0.717) is 23.1 Å². The largest absolute Gasteiger partial charge is 0.399 e. The van der Waals surface area contributed by atoms with Crippen LogP contribution in [0.1, 0.15) is 15.9 Å². The molecule has 0 fully saturated rings. The SMILES string of the molecule is N=Cc1cc(N)ccc1C=O. The molecule has 0 spiro atoms. The number of hydrogen-bond donors (Lipinski definition) is 2. The minimum atomic E-state index is 0.495. The van der Waals surface area contributed by atoms with Crippen LogP contribution in [0.2, 0.25) is 0 Å². The molecule has 0 aliphatic carbocycles. The van der Waals surface area contributed by atoms with Gasteiger partial charge in [-0.1, -0.05) is 0 Å². The van der Waals surface area contributed by atoms with Crippen molar-refractivity contribution >= 4 is 18.2 Å². The van der Waals surface area contributed by atoms with Gasteiger partial charge < -0.3 is 11.1 Å². The van der Waals surface area contributed by atoms with Crippen molar-refractivity contribution in [2.75, 3.05) is 5.73 Å². The molecule has 0 saturated carbocycles. The summed E-state index contributed by atoms with van der Waals surface area (Å²) in [6.45, 7) is 0. The van der Waals surface area contributed by atoms with Gasteiger partial charge in [0.2, 0.25) is 0 Å². The second kappa shape index (κ2) is 2.96. The van der Waals surface area contributed by atoms with Gasteiger partial charge in [-0.05, 0) is 18.2 Å². The lowest BCUT2D eigenvalue weighted by atomic mass is 10.1. The summed E-state index contributed by atoms with van der Waals surface area (Å²) in [4.78, 5) is 10.4. The molecule has 1 aromatic carbocycles. The number of nitrogen functional groups attached to an aromatic ring is 1. The molecule has 11 heavy (non-hydrogen) atoms. The third kappa shape index (κ3) is 1.43. The zero-order valence-electron chi connectivity index (χ0n) is 5.87. The number of benzene rings is 1. The first-order chi connectivity index (χ1) is 5.27. The molecule has 1 aromatic rings. The van der Waals surface area contributed by atoms with Gasteiger partial charge in [-0.2, -0.15) is 0 Å². The molecule has 0 saturated heterocycles. The third-order valence-corrected chi connectivity index (χ3v) is 1.39. The Kier molecular flexibility index (Phi) is 2.01. The minimum Gasteiger partial charge on any atom is -0.399 e. The highest BCUT2D eigenvalue weighted by Crippen LogP contribution is 2.08. The highest BCUT2D eigenvalue weighted by molar-refractivity contribution is 5.92. The van der Waals surface area contributed by atoms with Crippen LogP contribution < -0.4 is 5.73 Å². The first kappa shape index (κ1) is 7.47. The van der Waals surface area contributed by atoms with Gasteiger partial charge in [0.25, 0.3) is 0 Å². The summed E-state index contributed by atoms with van der Waals surface area (Å²) in [7, 11) is 0. The normalized spacial score (nSPS) is 9.09. The number of hydrogen-bond acceptors (Lipinski definition) is 3. The summed E-state index contributed by atoms with van der Waals surface area (Å²) in [5, 5.41) is 6.95. The van der Waals surface area contributed by atoms with E-state index in [0.717, 1.165) is 6.21 Å². The number of rotatable bonds is 2. The van der Waals surface area contributed by atoms with Gasteiger partial charge in [0.15, 0.2) is 6.29 Å². The monoisotopic (exact) mass is 148 g/mol. The van der Waals surface area contributed by atoms with Crippen molar-refractivity contribution in [1.29, 1.82) is 5.41 Å². The minimum absolute atomic E-state index is 0.495. The van der Waals surface area contributed by atoms with Crippen LogP contribution in [-0.4, -0.2) is 12.5 Å². The molecule has 3 N–H and O–H groups in total. The molecule has 0 unspecified atom stereocenters. The molecule has 0 radical (unpaired) electrons. The van der Waals surface area contributed by atoms with E-state index in [2.05, 4.69) is 0 Å². The van der Waals surface area contributed by atoms with Crippen LogP contribution in [0.15, 0.2) is 18.2 Å². The molecule has 3 heteroatoms. The fourth-order valence-corrected chi connectivity index (χ4v) is 0.826. The molecule has 0 amide bonds. The summed E-state index contributed by atoms with van der Waals surface area (Å²) < 4.78 is 0. The van der Waals surface area contributed by atoms with Gasteiger partial charge in [-0.15, -0.1) is 0 Å². The fraction of sp³-hybridized carbons (Fsp3) is 0. The van der Waals surface area contributed by atoms with E-state index >= 15 is 0 Å². The number of aldehydes is 1. The zero-order chi connectivity index (χ0) is 8.27. The van der Waals surface area contributed by atoms with E-state index in [-0.39, 0.29) is 0 Å². The lowest BCUT2D eigenvalue weighted by Crippen LogP contribution is -1.93. The maximum absolute atomic E-state index is 10.4. The predicted molar refractivity (Wildman–Crippen MR) is 44.1 cm³/mol. The quantitative estimate of drug-likeness (QED) is 0.374. The number of carbonyl (C=O) groups is 1. The lowest BCUT2D eigenvalue weighted by Gasteiger charge is -1.97. The summed E-state index contributed by atoms with van der Waals surface area (Å²) in [5.41, 5.74) is 7.05. The molecule has 0 aromatic heterocycles. The maximum atomic E-state index is 10.4. The van der Waals surface area contributed by atoms with Crippen LogP contribution in [0.3, 0.4) is 0 Å². The fourth-order valence-electron chi connectivity index (χ4n) is 0.826. The van der Waals surface area contributed by atoms with Gasteiger partial charge >= 0.3 is 0 Å². The highest BCUT2D eigenvalue weighted by Gasteiger charge is 1.97. The van der Waals surface area contributed by atoms with E-state index in [1.807, 2.05) is 0 Å². The van der Waals surface area contributed by atoms with Crippen molar-refractivity contribution in [2.24, 2.45) is 0 Å². The summed E-state index contributed by atoms with van der Waals surface area (Å²) in [6.07, 6.45) is 1.82. The molecule has 56 valence electrons. The van der Waals surface area contributed by atoms with E-state index in [1.165, 1.54) is 0 Å². The Morgan fingerprint density at radius 1 is 1.36 bits per heavy atom. The van der Waals surface area contributed by atoms with E-state index in [1.54, 1.807) is 18.2 Å². The van der Waals surface area contributed by atoms with E-state index < -0.39 is 0 Å². The van der Waals surface area contributed by atoms with Crippen molar-refractivity contribution in [1.82, 2.24) is 0 Å². The summed E-state index contributed by atoms with van der Waals surface area (Å²) >= 11 is 0. The van der Waals surface area contributed by atoms with Crippen LogP contribution in [0.25, 0.3) is 0 Å².